The highest BCUT2D eigenvalue weighted by molar-refractivity contribution is 6.31. The molecule has 0 saturated heterocycles. The molecule has 24 heavy (non-hydrogen) atoms. The molecule has 0 saturated carbocycles. The van der Waals surface area contributed by atoms with Crippen LogP contribution in [0.5, 0.6) is 5.75 Å². The summed E-state index contributed by atoms with van der Waals surface area (Å²) in [4.78, 5) is 16.7. The maximum absolute atomic E-state index is 13.2. The van der Waals surface area contributed by atoms with E-state index in [2.05, 4.69) is 10.3 Å². The van der Waals surface area contributed by atoms with Gasteiger partial charge in [0.2, 0.25) is 0 Å². The normalized spacial score (nSPS) is 10.7. The summed E-state index contributed by atoms with van der Waals surface area (Å²) < 4.78 is 18.5. The first kappa shape index (κ1) is 16.5. The van der Waals surface area contributed by atoms with Crippen LogP contribution in [0, 0.1) is 5.82 Å². The lowest BCUT2D eigenvalue weighted by Gasteiger charge is -2.10. The van der Waals surface area contributed by atoms with Crippen molar-refractivity contribution in [3.05, 3.63) is 64.0 Å². The van der Waals surface area contributed by atoms with Crippen molar-refractivity contribution in [2.24, 2.45) is 0 Å². The quantitative estimate of drug-likeness (QED) is 0.715. The number of carbonyl (C=O) groups excluding carboxylic acids is 1. The Morgan fingerprint density at radius 2 is 1.96 bits per heavy atom. The van der Waals surface area contributed by atoms with Gasteiger partial charge in [-0.1, -0.05) is 23.2 Å². The summed E-state index contributed by atoms with van der Waals surface area (Å²) in [5.41, 5.74) is 1.09. The van der Waals surface area contributed by atoms with E-state index < -0.39 is 11.7 Å². The highest BCUT2D eigenvalue weighted by Crippen LogP contribution is 2.28. The predicted molar refractivity (Wildman–Crippen MR) is 92.7 cm³/mol. The van der Waals surface area contributed by atoms with Crippen LogP contribution < -0.4 is 10.1 Å². The molecule has 0 fully saturated rings. The smallest absolute Gasteiger partial charge is 0.274 e. The van der Waals surface area contributed by atoms with Gasteiger partial charge in [-0.05, 0) is 36.4 Å². The first-order valence-corrected chi connectivity index (χ1v) is 7.64. The zero-order valence-electron chi connectivity index (χ0n) is 12.4. The van der Waals surface area contributed by atoms with Crippen molar-refractivity contribution >= 4 is 45.7 Å². The molecule has 0 atom stereocenters. The molecule has 1 heterocycles. The summed E-state index contributed by atoms with van der Waals surface area (Å²) in [5, 5.41) is 3.78. The van der Waals surface area contributed by atoms with Gasteiger partial charge in [0.1, 0.15) is 17.3 Å². The minimum absolute atomic E-state index is 0.0773. The average molecular weight is 365 g/mol. The first-order chi connectivity index (χ1) is 11.5. The van der Waals surface area contributed by atoms with E-state index in [-0.39, 0.29) is 10.7 Å². The molecule has 7 heteroatoms. The third-order valence-corrected chi connectivity index (χ3v) is 3.89. The maximum Gasteiger partial charge on any atom is 0.274 e. The number of aromatic nitrogens is 1. The number of pyridine rings is 1. The molecule has 0 bridgehead atoms. The molecule has 4 nitrogen and oxygen atoms in total. The van der Waals surface area contributed by atoms with Gasteiger partial charge in [0.15, 0.2) is 0 Å². The van der Waals surface area contributed by atoms with Crippen LogP contribution in [-0.4, -0.2) is 18.0 Å². The van der Waals surface area contributed by atoms with Crippen LogP contribution in [0.1, 0.15) is 10.5 Å². The standard InChI is InChI=1S/C17H11Cl2FN2O2/c1-24-16-8-15(22-14-5-2-9(18)6-11(14)16)17(23)21-10-3-4-13(20)12(19)7-10/h2-8H,1H3,(H,21,23). The van der Waals surface area contributed by atoms with Crippen LogP contribution in [0.25, 0.3) is 10.9 Å². The number of hydrogen-bond donors (Lipinski definition) is 1. The van der Waals surface area contributed by atoms with Crippen LogP contribution in [0.2, 0.25) is 10.0 Å². The Hall–Kier alpha value is -2.37. The summed E-state index contributed by atoms with van der Waals surface area (Å²) in [6.45, 7) is 0. The number of benzene rings is 2. The SMILES string of the molecule is COc1cc(C(=O)Nc2ccc(F)c(Cl)c2)nc2ccc(Cl)cc12. The van der Waals surface area contributed by atoms with E-state index in [9.17, 15) is 9.18 Å². The molecule has 2 aromatic carbocycles. The Balaban J connectivity index is 1.97. The van der Waals surface area contributed by atoms with Crippen molar-refractivity contribution in [3.8, 4) is 5.75 Å². The van der Waals surface area contributed by atoms with Gasteiger partial charge in [-0.25, -0.2) is 9.37 Å². The molecular weight excluding hydrogens is 354 g/mol. The zero-order valence-corrected chi connectivity index (χ0v) is 14.0. The molecule has 0 aliphatic carbocycles. The number of halogens is 3. The van der Waals surface area contributed by atoms with Gasteiger partial charge in [-0.2, -0.15) is 0 Å². The van der Waals surface area contributed by atoms with Crippen LogP contribution in [-0.2, 0) is 0 Å². The molecular formula is C17H11Cl2FN2O2. The van der Waals surface area contributed by atoms with Crippen molar-refractivity contribution in [2.75, 3.05) is 12.4 Å². The van der Waals surface area contributed by atoms with Gasteiger partial charge in [-0.15, -0.1) is 0 Å². The molecule has 0 aliphatic heterocycles. The molecule has 0 spiro atoms. The second kappa shape index (κ2) is 6.63. The number of rotatable bonds is 3. The van der Waals surface area contributed by atoms with E-state index in [0.717, 1.165) is 0 Å². The summed E-state index contributed by atoms with van der Waals surface area (Å²) in [5.74, 6) is -0.547. The Labute approximate surface area is 147 Å². The lowest BCUT2D eigenvalue weighted by molar-refractivity contribution is 0.102. The molecule has 0 radical (unpaired) electrons. The Morgan fingerprint density at radius 3 is 2.67 bits per heavy atom. The van der Waals surface area contributed by atoms with Crippen molar-refractivity contribution in [1.29, 1.82) is 0 Å². The second-order valence-electron chi connectivity index (χ2n) is 4.95. The fraction of sp³-hybridized carbons (Fsp3) is 0.0588. The van der Waals surface area contributed by atoms with E-state index >= 15 is 0 Å². The highest BCUT2D eigenvalue weighted by Gasteiger charge is 2.14. The van der Waals surface area contributed by atoms with Crippen LogP contribution in [0.4, 0.5) is 10.1 Å². The minimum Gasteiger partial charge on any atom is -0.496 e. The third kappa shape index (κ3) is 3.27. The van der Waals surface area contributed by atoms with Gasteiger partial charge in [0, 0.05) is 22.2 Å². The van der Waals surface area contributed by atoms with E-state index in [1.54, 1.807) is 18.2 Å². The number of ether oxygens (including phenoxy) is 1. The number of methoxy groups -OCH3 is 1. The number of nitrogens with zero attached hydrogens (tertiary/aromatic N) is 1. The topological polar surface area (TPSA) is 51.2 Å². The fourth-order valence-electron chi connectivity index (χ4n) is 2.22. The fourth-order valence-corrected chi connectivity index (χ4v) is 2.57. The van der Waals surface area contributed by atoms with Crippen molar-refractivity contribution < 1.29 is 13.9 Å². The zero-order chi connectivity index (χ0) is 17.3. The molecule has 3 rings (SSSR count). The van der Waals surface area contributed by atoms with Gasteiger partial charge < -0.3 is 10.1 Å². The van der Waals surface area contributed by atoms with Crippen LogP contribution in [0.15, 0.2) is 42.5 Å². The molecule has 1 aromatic heterocycles. The lowest BCUT2D eigenvalue weighted by atomic mass is 10.1. The second-order valence-corrected chi connectivity index (χ2v) is 5.80. The molecule has 1 N–H and O–H groups in total. The number of anilines is 1. The summed E-state index contributed by atoms with van der Waals surface area (Å²) in [6.07, 6.45) is 0. The summed E-state index contributed by atoms with van der Waals surface area (Å²) in [7, 11) is 1.50. The summed E-state index contributed by atoms with van der Waals surface area (Å²) >= 11 is 11.7. The number of amides is 1. The number of hydrogen-bond acceptors (Lipinski definition) is 3. The number of fused-ring (bicyclic) bond motifs is 1. The average Bonchev–Trinajstić information content (AvgIpc) is 2.57. The first-order valence-electron chi connectivity index (χ1n) is 6.88. The third-order valence-electron chi connectivity index (χ3n) is 3.36. The van der Waals surface area contributed by atoms with Gasteiger partial charge in [0.25, 0.3) is 5.91 Å². The summed E-state index contributed by atoms with van der Waals surface area (Å²) in [6, 6.07) is 10.5. The predicted octanol–water partition coefficient (Wildman–Crippen LogP) is 4.94. The number of nitrogens with one attached hydrogen (secondary N) is 1. The van der Waals surface area contributed by atoms with Gasteiger partial charge >= 0.3 is 0 Å². The van der Waals surface area contributed by atoms with Crippen LogP contribution in [0.3, 0.4) is 0 Å². The van der Waals surface area contributed by atoms with E-state index in [1.165, 1.54) is 31.4 Å². The van der Waals surface area contributed by atoms with E-state index in [0.29, 0.717) is 27.4 Å². The van der Waals surface area contributed by atoms with Crippen LogP contribution >= 0.6 is 23.2 Å². The van der Waals surface area contributed by atoms with E-state index in [1.807, 2.05) is 0 Å². The maximum atomic E-state index is 13.2. The van der Waals surface area contributed by atoms with Gasteiger partial charge in [-0.3, -0.25) is 4.79 Å². The Morgan fingerprint density at radius 1 is 1.17 bits per heavy atom. The Kier molecular flexibility index (Phi) is 4.55. The molecule has 1 amide bonds. The van der Waals surface area contributed by atoms with Crippen molar-refractivity contribution in [1.82, 2.24) is 4.98 Å². The largest absolute Gasteiger partial charge is 0.496 e. The van der Waals surface area contributed by atoms with Crippen molar-refractivity contribution in [3.63, 3.8) is 0 Å². The van der Waals surface area contributed by atoms with Crippen molar-refractivity contribution in [2.45, 2.75) is 0 Å². The van der Waals surface area contributed by atoms with E-state index in [4.69, 9.17) is 27.9 Å². The highest BCUT2D eigenvalue weighted by atomic mass is 35.5. The molecule has 0 unspecified atom stereocenters. The van der Waals surface area contributed by atoms with Gasteiger partial charge in [0.05, 0.1) is 17.6 Å². The monoisotopic (exact) mass is 364 g/mol. The molecule has 3 aromatic rings. The number of carbonyl (C=O) groups is 1. The minimum atomic E-state index is -0.558. The molecule has 0 aliphatic rings. The Bertz CT molecular complexity index is 947. The lowest BCUT2D eigenvalue weighted by Crippen LogP contribution is -2.14. The molecule has 122 valence electrons.